The van der Waals surface area contributed by atoms with Gasteiger partial charge in [-0.3, -0.25) is 19.1 Å². The average molecular weight is 816 g/mol. The first-order chi connectivity index (χ1) is 26.8. The van der Waals surface area contributed by atoms with Crippen molar-refractivity contribution in [2.75, 3.05) is 20.3 Å². The molecule has 3 N–H and O–H groups in total. The molecule has 4 amide bonds. The second kappa shape index (κ2) is 14.7. The SMILES string of the molecule is COc1ccc2nc(C)c3c(c2c1)C(F)(F)CC1(CC2C(=O)NC4(C(=O)NS(=O)(=O)C5(C)CC5)CC4C=CCCCCCC(NC(=O)OCC(C)C)C(=O)N2C1)O3. The lowest BCUT2D eigenvalue weighted by Crippen LogP contribution is -2.58. The first kappa shape index (κ1) is 40.6. The number of halogens is 2. The highest BCUT2D eigenvalue weighted by Crippen LogP contribution is 2.55. The predicted molar refractivity (Wildman–Crippen MR) is 204 cm³/mol. The molecule has 2 aromatic rings. The van der Waals surface area contributed by atoms with Crippen molar-refractivity contribution in [2.45, 2.75) is 126 Å². The fourth-order valence-corrected chi connectivity index (χ4v) is 9.63. The Morgan fingerprint density at radius 1 is 1.14 bits per heavy atom. The first-order valence-corrected chi connectivity index (χ1v) is 21.2. The summed E-state index contributed by atoms with van der Waals surface area (Å²) in [6.45, 7) is 6.44. The number of methoxy groups -OCH3 is 1. The van der Waals surface area contributed by atoms with E-state index in [9.17, 15) is 27.6 Å². The smallest absolute Gasteiger partial charge is 0.407 e. The number of hydrogen-bond acceptors (Lipinski definition) is 10. The van der Waals surface area contributed by atoms with E-state index in [2.05, 4.69) is 20.3 Å². The maximum absolute atomic E-state index is 16.8. The number of fused-ring (bicyclic) bond motifs is 5. The Morgan fingerprint density at radius 2 is 1.89 bits per heavy atom. The van der Waals surface area contributed by atoms with Gasteiger partial charge in [-0.2, -0.15) is 0 Å². The Bertz CT molecular complexity index is 2130. The summed E-state index contributed by atoms with van der Waals surface area (Å²) in [6.07, 6.45) is 5.10. The number of benzene rings is 1. The molecular weight excluding hydrogens is 765 g/mol. The lowest BCUT2D eigenvalue weighted by Gasteiger charge is -2.40. The Labute approximate surface area is 330 Å². The van der Waals surface area contributed by atoms with Gasteiger partial charge in [-0.05, 0) is 76.5 Å². The van der Waals surface area contributed by atoms with Gasteiger partial charge in [-0.1, -0.05) is 38.8 Å². The van der Waals surface area contributed by atoms with Gasteiger partial charge in [0.2, 0.25) is 21.8 Å². The molecule has 3 aliphatic heterocycles. The van der Waals surface area contributed by atoms with Crippen LogP contribution in [0.4, 0.5) is 13.6 Å². The number of aromatic nitrogens is 1. The Balaban J connectivity index is 1.27. The van der Waals surface area contributed by atoms with Crippen molar-refractivity contribution < 1.29 is 50.6 Å². The van der Waals surface area contributed by atoms with Crippen LogP contribution in [0.3, 0.4) is 0 Å². The number of carbonyl (C=O) groups is 4. The number of pyridine rings is 1. The number of amides is 4. The van der Waals surface area contributed by atoms with Crippen LogP contribution in [-0.4, -0.2) is 90.3 Å². The highest BCUT2D eigenvalue weighted by Gasteiger charge is 2.65. The van der Waals surface area contributed by atoms with Crippen LogP contribution in [-0.2, 0) is 35.1 Å². The molecule has 5 atom stereocenters. The molecule has 1 spiro atoms. The third-order valence-electron chi connectivity index (χ3n) is 12.0. The minimum Gasteiger partial charge on any atom is -0.497 e. The van der Waals surface area contributed by atoms with E-state index in [0.29, 0.717) is 49.8 Å². The van der Waals surface area contributed by atoms with E-state index in [0.717, 1.165) is 4.90 Å². The van der Waals surface area contributed by atoms with Gasteiger partial charge in [0, 0.05) is 17.7 Å². The number of alkyl halides is 2. The van der Waals surface area contributed by atoms with E-state index >= 15 is 8.78 Å². The van der Waals surface area contributed by atoms with Crippen molar-refractivity contribution in [3.05, 3.63) is 41.6 Å². The van der Waals surface area contributed by atoms with Gasteiger partial charge in [0.25, 0.3) is 11.8 Å². The minimum absolute atomic E-state index is 0.0148. The second-order valence-electron chi connectivity index (χ2n) is 17.0. The summed E-state index contributed by atoms with van der Waals surface area (Å²) in [5.41, 5.74) is -3.35. The molecule has 1 saturated heterocycles. The maximum Gasteiger partial charge on any atom is 0.407 e. The number of alkyl carbamates (subject to hydrolysis) is 1. The van der Waals surface area contributed by atoms with E-state index in [1.54, 1.807) is 32.1 Å². The molecule has 57 heavy (non-hydrogen) atoms. The van der Waals surface area contributed by atoms with Crippen LogP contribution >= 0.6 is 0 Å². The molecule has 5 aliphatic rings. The molecule has 310 valence electrons. The highest BCUT2D eigenvalue weighted by atomic mass is 32.2. The second-order valence-corrected chi connectivity index (χ2v) is 19.2. The summed E-state index contributed by atoms with van der Waals surface area (Å²) < 4.78 is 78.2. The quantitative estimate of drug-likeness (QED) is 0.325. The van der Waals surface area contributed by atoms with Crippen molar-refractivity contribution in [3.63, 3.8) is 0 Å². The Morgan fingerprint density at radius 3 is 2.60 bits per heavy atom. The van der Waals surface area contributed by atoms with Gasteiger partial charge >= 0.3 is 6.09 Å². The molecular formula is C40H51F2N5O9S. The summed E-state index contributed by atoms with van der Waals surface area (Å²) >= 11 is 0. The summed E-state index contributed by atoms with van der Waals surface area (Å²) in [5.74, 6) is -6.34. The van der Waals surface area contributed by atoms with Gasteiger partial charge in [-0.15, -0.1) is 0 Å². The summed E-state index contributed by atoms with van der Waals surface area (Å²) in [5, 5.41) is 5.57. The van der Waals surface area contributed by atoms with E-state index in [-0.39, 0.29) is 47.8 Å². The van der Waals surface area contributed by atoms with Crippen molar-refractivity contribution in [1.29, 1.82) is 0 Å². The molecule has 0 bridgehead atoms. The van der Waals surface area contributed by atoms with Crippen molar-refractivity contribution in [1.82, 2.24) is 25.2 Å². The molecule has 2 saturated carbocycles. The zero-order valence-electron chi connectivity index (χ0n) is 32.9. The molecule has 4 heterocycles. The average Bonchev–Trinajstić information content (AvgIpc) is 4.03. The van der Waals surface area contributed by atoms with Gasteiger partial charge < -0.3 is 29.7 Å². The van der Waals surface area contributed by atoms with Gasteiger partial charge in [0.1, 0.15) is 29.0 Å². The Hall–Kier alpha value is -4.54. The van der Waals surface area contributed by atoms with E-state index in [1.807, 2.05) is 19.9 Å². The van der Waals surface area contributed by atoms with E-state index in [4.69, 9.17) is 14.2 Å². The summed E-state index contributed by atoms with van der Waals surface area (Å²) in [4.78, 5) is 61.9. The number of hydrogen-bond donors (Lipinski definition) is 3. The van der Waals surface area contributed by atoms with Crippen LogP contribution < -0.4 is 24.8 Å². The molecule has 0 radical (unpaired) electrons. The molecule has 3 fully saturated rings. The molecule has 1 aromatic heterocycles. The Kier molecular flexibility index (Phi) is 10.5. The van der Waals surface area contributed by atoms with E-state index < -0.39 is 93.0 Å². The number of rotatable bonds is 7. The van der Waals surface area contributed by atoms with Crippen LogP contribution in [0.2, 0.25) is 0 Å². The van der Waals surface area contributed by atoms with Crippen LogP contribution in [0.15, 0.2) is 30.4 Å². The van der Waals surface area contributed by atoms with Gasteiger partial charge in [-0.25, -0.2) is 27.0 Å². The minimum atomic E-state index is -4.08. The number of carbonyl (C=O) groups excluding carboxylic acids is 4. The van der Waals surface area contributed by atoms with Crippen LogP contribution in [0.1, 0.15) is 96.2 Å². The number of sulfonamides is 1. The first-order valence-electron chi connectivity index (χ1n) is 19.7. The number of nitrogens with zero attached hydrogens (tertiary/aromatic N) is 2. The summed E-state index contributed by atoms with van der Waals surface area (Å²) in [7, 11) is -2.66. The largest absolute Gasteiger partial charge is 0.497 e. The monoisotopic (exact) mass is 815 g/mol. The fourth-order valence-electron chi connectivity index (χ4n) is 8.32. The van der Waals surface area contributed by atoms with Crippen molar-refractivity contribution >= 4 is 44.7 Å². The zero-order valence-corrected chi connectivity index (χ0v) is 33.7. The van der Waals surface area contributed by atoms with Crippen LogP contribution in [0.25, 0.3) is 10.9 Å². The lowest BCUT2D eigenvalue weighted by atomic mass is 9.84. The molecule has 5 unspecified atom stereocenters. The maximum atomic E-state index is 16.8. The summed E-state index contributed by atoms with van der Waals surface area (Å²) in [6, 6.07) is 2.04. The van der Waals surface area contributed by atoms with Crippen molar-refractivity contribution in [3.8, 4) is 11.5 Å². The third-order valence-corrected chi connectivity index (χ3v) is 14.2. The van der Waals surface area contributed by atoms with Gasteiger partial charge in [0.05, 0.1) is 48.2 Å². The standard InChI is InChI=1S/C40H51F2N5O9S/c1-23(2)20-55-36(51)44-29-12-10-8-6-7-9-11-25-18-39(25,35(50)46-57(52,53)37(4)15-16-37)45-33(48)30-19-38(22-47(30)34(29)49)21-40(41,42)31-27-17-26(54-5)13-14-28(27)43-24(3)32(31)56-38/h9,11,13-14,17,23,25,29-30H,6-8,10,12,15-16,18-22H2,1-5H3,(H,44,51)(H,45,48)(H,46,50). The zero-order chi connectivity index (χ0) is 41.1. The third kappa shape index (κ3) is 7.75. The van der Waals surface area contributed by atoms with Crippen molar-refractivity contribution in [2.24, 2.45) is 11.8 Å². The fraction of sp³-hybridized carbons (Fsp3) is 0.625. The van der Waals surface area contributed by atoms with Crippen LogP contribution in [0.5, 0.6) is 11.5 Å². The molecule has 14 nitrogen and oxygen atoms in total. The van der Waals surface area contributed by atoms with Gasteiger partial charge in [0.15, 0.2) is 5.75 Å². The highest BCUT2D eigenvalue weighted by molar-refractivity contribution is 7.91. The number of ether oxygens (including phenoxy) is 3. The normalized spacial score (nSPS) is 29.2. The molecule has 1 aromatic carbocycles. The number of allylic oxidation sites excluding steroid dienone is 1. The molecule has 7 rings (SSSR count). The molecule has 2 aliphatic carbocycles. The predicted octanol–water partition coefficient (Wildman–Crippen LogP) is 4.91. The van der Waals surface area contributed by atoms with Crippen LogP contribution in [0, 0.1) is 18.8 Å². The molecule has 17 heteroatoms. The lowest BCUT2D eigenvalue weighted by molar-refractivity contribution is -0.141. The number of aryl methyl sites for hydroxylation is 1. The topological polar surface area (TPSA) is 182 Å². The number of nitrogens with one attached hydrogen (secondary N) is 3. The van der Waals surface area contributed by atoms with E-state index in [1.165, 1.54) is 13.2 Å².